The minimum absolute atomic E-state index is 0.462. The Bertz CT molecular complexity index is 453. The number of halogens is 1. The molecule has 0 atom stereocenters. The van der Waals surface area contributed by atoms with E-state index in [4.69, 9.17) is 16.3 Å². The number of aromatic nitrogens is 3. The van der Waals surface area contributed by atoms with Crippen molar-refractivity contribution in [2.75, 3.05) is 7.11 Å². The van der Waals surface area contributed by atoms with E-state index < -0.39 is 0 Å². The maximum Gasteiger partial charge on any atom is 0.212 e. The number of pyridine rings is 1. The lowest BCUT2D eigenvalue weighted by Crippen LogP contribution is -2.02. The Morgan fingerprint density at radius 3 is 2.88 bits per heavy atom. The summed E-state index contributed by atoms with van der Waals surface area (Å²) in [6.07, 6.45) is 5.32. The van der Waals surface area contributed by atoms with Crippen molar-refractivity contribution in [2.45, 2.75) is 12.4 Å². The van der Waals surface area contributed by atoms with Gasteiger partial charge in [0.25, 0.3) is 0 Å². The molecule has 0 saturated carbocycles. The minimum Gasteiger partial charge on any atom is -0.481 e. The Morgan fingerprint density at radius 2 is 2.25 bits per heavy atom. The molecule has 0 aliphatic rings. The highest BCUT2D eigenvalue weighted by molar-refractivity contribution is 6.16. The van der Waals surface area contributed by atoms with Crippen molar-refractivity contribution in [3.05, 3.63) is 42.1 Å². The molecule has 0 spiro atoms. The zero-order valence-corrected chi connectivity index (χ0v) is 9.68. The highest BCUT2D eigenvalue weighted by Crippen LogP contribution is 2.10. The van der Waals surface area contributed by atoms with Gasteiger partial charge in [0, 0.05) is 18.5 Å². The summed E-state index contributed by atoms with van der Waals surface area (Å²) in [6, 6.07) is 3.82. The molecule has 0 aliphatic heterocycles. The van der Waals surface area contributed by atoms with Crippen molar-refractivity contribution in [2.24, 2.45) is 0 Å². The van der Waals surface area contributed by atoms with Gasteiger partial charge in [-0.1, -0.05) is 6.07 Å². The molecule has 2 aromatic rings. The first kappa shape index (κ1) is 11.0. The third kappa shape index (κ3) is 2.33. The van der Waals surface area contributed by atoms with E-state index in [0.717, 1.165) is 17.8 Å². The second-order valence-corrected chi connectivity index (χ2v) is 3.62. The molecule has 2 rings (SSSR count). The molecule has 2 heterocycles. The van der Waals surface area contributed by atoms with Gasteiger partial charge in [-0.25, -0.2) is 9.97 Å². The molecule has 5 heteroatoms. The number of methoxy groups -OCH3 is 1. The molecule has 84 valence electrons. The number of imidazole rings is 1. The SMILES string of the molecule is COc1ccc(Cn2cncc2CCl)cn1. The first-order valence-electron chi connectivity index (χ1n) is 4.87. The third-order valence-electron chi connectivity index (χ3n) is 2.30. The number of hydrogen-bond donors (Lipinski definition) is 0. The normalized spacial score (nSPS) is 10.4. The fraction of sp³-hybridized carbons (Fsp3) is 0.273. The zero-order chi connectivity index (χ0) is 11.4. The molecule has 0 aliphatic carbocycles. The average Bonchev–Trinajstić information content (AvgIpc) is 2.77. The Kier molecular flexibility index (Phi) is 3.41. The summed E-state index contributed by atoms with van der Waals surface area (Å²) in [5.41, 5.74) is 2.09. The number of hydrogen-bond acceptors (Lipinski definition) is 3. The van der Waals surface area contributed by atoms with E-state index in [9.17, 15) is 0 Å². The molecule has 0 radical (unpaired) electrons. The molecule has 0 fully saturated rings. The summed E-state index contributed by atoms with van der Waals surface area (Å²) in [7, 11) is 1.60. The topological polar surface area (TPSA) is 39.9 Å². The number of rotatable bonds is 4. The van der Waals surface area contributed by atoms with Crippen molar-refractivity contribution in [1.29, 1.82) is 0 Å². The largest absolute Gasteiger partial charge is 0.481 e. The maximum absolute atomic E-state index is 5.79. The predicted molar refractivity (Wildman–Crippen MR) is 61.7 cm³/mol. The highest BCUT2D eigenvalue weighted by Gasteiger charge is 2.02. The number of nitrogens with zero attached hydrogens (tertiary/aromatic N) is 3. The molecular weight excluding hydrogens is 226 g/mol. The Balaban J connectivity index is 2.14. The predicted octanol–water partition coefficient (Wildman–Crippen LogP) is 2.07. The first-order valence-corrected chi connectivity index (χ1v) is 5.41. The summed E-state index contributed by atoms with van der Waals surface area (Å²) in [4.78, 5) is 8.20. The van der Waals surface area contributed by atoms with Gasteiger partial charge in [0.15, 0.2) is 0 Å². The van der Waals surface area contributed by atoms with Crippen LogP contribution in [0.3, 0.4) is 0 Å². The Morgan fingerprint density at radius 1 is 1.38 bits per heavy atom. The molecule has 0 bridgehead atoms. The number of alkyl halides is 1. The summed E-state index contributed by atoms with van der Waals surface area (Å²) in [5, 5.41) is 0. The third-order valence-corrected chi connectivity index (χ3v) is 2.57. The van der Waals surface area contributed by atoms with Gasteiger partial charge in [-0.2, -0.15) is 0 Å². The van der Waals surface area contributed by atoms with Crippen LogP contribution in [0.25, 0.3) is 0 Å². The summed E-state index contributed by atoms with van der Waals surface area (Å²) in [5.74, 6) is 1.08. The summed E-state index contributed by atoms with van der Waals surface area (Å²) >= 11 is 5.79. The molecule has 0 saturated heterocycles. The molecule has 0 N–H and O–H groups in total. The van der Waals surface area contributed by atoms with E-state index in [1.54, 1.807) is 25.8 Å². The molecule has 2 aromatic heterocycles. The van der Waals surface area contributed by atoms with Crippen molar-refractivity contribution in [3.63, 3.8) is 0 Å². The van der Waals surface area contributed by atoms with Crippen molar-refractivity contribution in [3.8, 4) is 5.88 Å². The first-order chi connectivity index (χ1) is 7.83. The molecule has 4 nitrogen and oxygen atoms in total. The second kappa shape index (κ2) is 4.99. The average molecular weight is 238 g/mol. The maximum atomic E-state index is 5.79. The fourth-order valence-electron chi connectivity index (χ4n) is 1.42. The molecule has 0 amide bonds. The fourth-order valence-corrected chi connectivity index (χ4v) is 1.65. The van der Waals surface area contributed by atoms with Gasteiger partial charge >= 0.3 is 0 Å². The molecule has 0 unspecified atom stereocenters. The second-order valence-electron chi connectivity index (χ2n) is 3.36. The van der Waals surface area contributed by atoms with E-state index in [-0.39, 0.29) is 0 Å². The van der Waals surface area contributed by atoms with Crippen molar-refractivity contribution in [1.82, 2.24) is 14.5 Å². The van der Waals surface area contributed by atoms with E-state index in [0.29, 0.717) is 11.8 Å². The molecule has 16 heavy (non-hydrogen) atoms. The summed E-state index contributed by atoms with van der Waals surface area (Å²) in [6.45, 7) is 0.721. The van der Waals surface area contributed by atoms with Crippen LogP contribution in [0.1, 0.15) is 11.3 Å². The smallest absolute Gasteiger partial charge is 0.212 e. The lowest BCUT2D eigenvalue weighted by Gasteiger charge is -2.06. The van der Waals surface area contributed by atoms with E-state index in [1.807, 2.05) is 16.7 Å². The lowest BCUT2D eigenvalue weighted by molar-refractivity contribution is 0.397. The Labute approximate surface area is 98.9 Å². The van der Waals surface area contributed by atoms with Crippen LogP contribution < -0.4 is 4.74 Å². The van der Waals surface area contributed by atoms with Crippen molar-refractivity contribution >= 4 is 11.6 Å². The quantitative estimate of drug-likeness (QED) is 0.765. The number of ether oxygens (including phenoxy) is 1. The van der Waals surface area contributed by atoms with Gasteiger partial charge < -0.3 is 9.30 Å². The summed E-state index contributed by atoms with van der Waals surface area (Å²) < 4.78 is 6.99. The molecular formula is C11H12ClN3O. The lowest BCUT2D eigenvalue weighted by atomic mass is 10.3. The monoisotopic (exact) mass is 237 g/mol. The Hall–Kier alpha value is -1.55. The van der Waals surface area contributed by atoms with Gasteiger partial charge in [0.2, 0.25) is 5.88 Å². The van der Waals surface area contributed by atoms with Gasteiger partial charge in [0.05, 0.1) is 31.6 Å². The van der Waals surface area contributed by atoms with E-state index in [1.165, 1.54) is 0 Å². The van der Waals surface area contributed by atoms with Crippen molar-refractivity contribution < 1.29 is 4.74 Å². The van der Waals surface area contributed by atoms with Gasteiger partial charge in [-0.3, -0.25) is 0 Å². The van der Waals surface area contributed by atoms with Crippen LogP contribution in [-0.2, 0) is 12.4 Å². The van der Waals surface area contributed by atoms with Crippen LogP contribution in [-0.4, -0.2) is 21.6 Å². The minimum atomic E-state index is 0.462. The van der Waals surface area contributed by atoms with Gasteiger partial charge in [-0.15, -0.1) is 11.6 Å². The standard InChI is InChI=1S/C11H12ClN3O/c1-16-11-3-2-9(5-14-11)7-15-8-13-6-10(15)4-12/h2-3,5-6,8H,4,7H2,1H3. The van der Waals surface area contributed by atoms with Crippen LogP contribution in [0.2, 0.25) is 0 Å². The van der Waals surface area contributed by atoms with Crippen LogP contribution in [0, 0.1) is 0 Å². The van der Waals surface area contributed by atoms with Gasteiger partial charge in [-0.05, 0) is 5.56 Å². The van der Waals surface area contributed by atoms with E-state index in [2.05, 4.69) is 9.97 Å². The van der Waals surface area contributed by atoms with Crippen LogP contribution in [0.4, 0.5) is 0 Å². The van der Waals surface area contributed by atoms with Crippen LogP contribution in [0.5, 0.6) is 5.88 Å². The zero-order valence-electron chi connectivity index (χ0n) is 8.93. The van der Waals surface area contributed by atoms with E-state index >= 15 is 0 Å². The van der Waals surface area contributed by atoms with Crippen LogP contribution >= 0.6 is 11.6 Å². The highest BCUT2D eigenvalue weighted by atomic mass is 35.5. The van der Waals surface area contributed by atoms with Gasteiger partial charge in [0.1, 0.15) is 0 Å². The molecule has 0 aromatic carbocycles. The van der Waals surface area contributed by atoms with Crippen LogP contribution in [0.15, 0.2) is 30.9 Å².